The zero-order chi connectivity index (χ0) is 20.5. The Morgan fingerprint density at radius 3 is 2.31 bits per heavy atom. The minimum absolute atomic E-state index is 0.119. The van der Waals surface area contributed by atoms with Crippen molar-refractivity contribution in [1.82, 2.24) is 0 Å². The van der Waals surface area contributed by atoms with Crippen molar-refractivity contribution in [2.24, 2.45) is 0 Å². The van der Waals surface area contributed by atoms with Crippen molar-refractivity contribution in [2.75, 3.05) is 6.26 Å². The van der Waals surface area contributed by atoms with Crippen molar-refractivity contribution in [3.63, 3.8) is 0 Å². The second kappa shape index (κ2) is 8.28. The van der Waals surface area contributed by atoms with E-state index in [4.69, 9.17) is 4.74 Å². The molecule has 0 fully saturated rings. The Labute approximate surface area is 178 Å². The fourth-order valence-electron chi connectivity index (χ4n) is 3.84. The highest BCUT2D eigenvalue weighted by Crippen LogP contribution is 2.47. The van der Waals surface area contributed by atoms with Crippen molar-refractivity contribution in [1.29, 1.82) is 0 Å². The molecule has 29 heavy (non-hydrogen) atoms. The molecule has 150 valence electrons. The third-order valence-corrected chi connectivity index (χ3v) is 7.62. The van der Waals surface area contributed by atoms with Crippen LogP contribution in [0.5, 0.6) is 0 Å². The number of carbonyl (C=O) groups is 2. The molecule has 1 N–H and O–H groups in total. The first-order valence-corrected chi connectivity index (χ1v) is 11.7. The van der Waals surface area contributed by atoms with Crippen LogP contribution < -0.4 is 0 Å². The molecular formula is C23H22O4S2. The van der Waals surface area contributed by atoms with Gasteiger partial charge in [-0.25, -0.2) is 4.79 Å². The van der Waals surface area contributed by atoms with E-state index < -0.39 is 12.1 Å². The minimum Gasteiger partial charge on any atom is -0.507 e. The van der Waals surface area contributed by atoms with Crippen LogP contribution in [0.25, 0.3) is 0 Å². The summed E-state index contributed by atoms with van der Waals surface area (Å²) >= 11 is 3.32. The topological polar surface area (TPSA) is 63.6 Å². The van der Waals surface area contributed by atoms with E-state index in [1.807, 2.05) is 61.7 Å². The minimum atomic E-state index is -0.731. The van der Waals surface area contributed by atoms with Gasteiger partial charge in [-0.15, -0.1) is 0 Å². The van der Waals surface area contributed by atoms with Gasteiger partial charge >= 0.3 is 5.97 Å². The molecule has 0 saturated carbocycles. The molecule has 6 heteroatoms. The van der Waals surface area contributed by atoms with E-state index in [9.17, 15) is 14.7 Å². The van der Waals surface area contributed by atoms with E-state index in [-0.39, 0.29) is 34.7 Å². The Kier molecular flexibility index (Phi) is 5.74. The number of cyclic esters (lactones) is 1. The maximum absolute atomic E-state index is 13.1. The number of rotatable bonds is 6. The van der Waals surface area contributed by atoms with Crippen molar-refractivity contribution in [3.05, 3.63) is 71.0 Å². The van der Waals surface area contributed by atoms with Gasteiger partial charge in [0.05, 0.1) is 0 Å². The maximum atomic E-state index is 13.1. The number of aliphatic hydroxyl groups is 1. The average Bonchev–Trinajstić information content (AvgIpc) is 3.00. The van der Waals surface area contributed by atoms with Crippen molar-refractivity contribution < 1.29 is 19.4 Å². The van der Waals surface area contributed by atoms with E-state index in [0.717, 1.165) is 20.9 Å². The lowest BCUT2D eigenvalue weighted by atomic mass is 9.85. The number of ether oxygens (including phenoxy) is 1. The molecule has 2 aromatic rings. The van der Waals surface area contributed by atoms with E-state index in [1.54, 1.807) is 23.5 Å². The second-order valence-corrected chi connectivity index (χ2v) is 9.65. The summed E-state index contributed by atoms with van der Waals surface area (Å²) in [4.78, 5) is 27.7. The fourth-order valence-corrected chi connectivity index (χ4v) is 5.39. The standard InChI is InChI=1S/C23H22O4S2/c1-13(28-2)11-18-22(25)21(23(26)27-18)17(24)12-16-14-7-3-5-9-19(14)29-20-10-6-4-8-15(16)20/h3-10,13,16,18,25H,11-12H2,1-2H3. The van der Waals surface area contributed by atoms with Gasteiger partial charge < -0.3 is 9.84 Å². The van der Waals surface area contributed by atoms with Crippen LogP contribution >= 0.6 is 23.5 Å². The average molecular weight is 427 g/mol. The van der Waals surface area contributed by atoms with Gasteiger partial charge in [0.15, 0.2) is 17.6 Å². The predicted molar refractivity (Wildman–Crippen MR) is 116 cm³/mol. The van der Waals surface area contributed by atoms with Crippen LogP contribution in [-0.4, -0.2) is 34.5 Å². The SMILES string of the molecule is CSC(C)CC1OC(=O)C(C(=O)CC2c3ccccc3Sc3ccccc32)=C1O. The Bertz CT molecular complexity index is 952. The summed E-state index contributed by atoms with van der Waals surface area (Å²) in [6.07, 6.45) is 1.84. The van der Waals surface area contributed by atoms with E-state index in [0.29, 0.717) is 6.42 Å². The Morgan fingerprint density at radius 1 is 1.14 bits per heavy atom. The lowest BCUT2D eigenvalue weighted by Crippen LogP contribution is -2.17. The molecule has 0 aromatic heterocycles. The molecule has 2 aromatic carbocycles. The van der Waals surface area contributed by atoms with Crippen molar-refractivity contribution in [2.45, 2.75) is 46.8 Å². The van der Waals surface area contributed by atoms with Gasteiger partial charge in [0.2, 0.25) is 0 Å². The lowest BCUT2D eigenvalue weighted by Gasteiger charge is -2.27. The van der Waals surface area contributed by atoms with Gasteiger partial charge in [-0.2, -0.15) is 11.8 Å². The zero-order valence-corrected chi connectivity index (χ0v) is 17.9. The zero-order valence-electron chi connectivity index (χ0n) is 16.3. The van der Waals surface area contributed by atoms with Gasteiger partial charge in [-0.1, -0.05) is 55.1 Å². The molecule has 0 radical (unpaired) electrons. The molecule has 2 atom stereocenters. The number of Topliss-reactive ketones (excluding diaryl/α,β-unsaturated/α-hetero) is 1. The van der Waals surface area contributed by atoms with E-state index in [2.05, 4.69) is 0 Å². The van der Waals surface area contributed by atoms with Crippen LogP contribution in [0.3, 0.4) is 0 Å². The largest absolute Gasteiger partial charge is 0.507 e. The summed E-state index contributed by atoms with van der Waals surface area (Å²) in [6, 6.07) is 16.1. The summed E-state index contributed by atoms with van der Waals surface area (Å²) in [5.41, 5.74) is 1.96. The Morgan fingerprint density at radius 2 is 1.72 bits per heavy atom. The van der Waals surface area contributed by atoms with Gasteiger partial charge in [0.25, 0.3) is 0 Å². The first-order valence-electron chi connectivity index (χ1n) is 9.55. The molecule has 2 unspecified atom stereocenters. The number of thioether (sulfide) groups is 1. The molecular weight excluding hydrogens is 404 g/mol. The second-order valence-electron chi connectivity index (χ2n) is 7.29. The summed E-state index contributed by atoms with van der Waals surface area (Å²) in [5.74, 6) is -1.45. The van der Waals surface area contributed by atoms with Crippen LogP contribution in [0, 0.1) is 0 Å². The lowest BCUT2D eigenvalue weighted by molar-refractivity contribution is -0.141. The van der Waals surface area contributed by atoms with Gasteiger partial charge in [-0.3, -0.25) is 4.79 Å². The Balaban J connectivity index is 1.64. The van der Waals surface area contributed by atoms with Gasteiger partial charge in [0.1, 0.15) is 5.57 Å². The summed E-state index contributed by atoms with van der Waals surface area (Å²) in [5, 5.41) is 10.8. The van der Waals surface area contributed by atoms with E-state index >= 15 is 0 Å². The number of fused-ring (bicyclic) bond motifs is 2. The van der Waals surface area contributed by atoms with Crippen molar-refractivity contribution in [3.8, 4) is 0 Å². The molecule has 0 amide bonds. The normalized spacial score (nSPS) is 19.5. The third-order valence-electron chi connectivity index (χ3n) is 5.44. The number of ketones is 1. The first-order chi connectivity index (χ1) is 14.0. The monoisotopic (exact) mass is 426 g/mol. The van der Waals surface area contributed by atoms with Gasteiger partial charge in [-0.05, 0) is 29.5 Å². The van der Waals surface area contributed by atoms with Crippen LogP contribution in [-0.2, 0) is 14.3 Å². The summed E-state index contributed by atoms with van der Waals surface area (Å²) < 4.78 is 5.31. The predicted octanol–water partition coefficient (Wildman–Crippen LogP) is 5.12. The summed E-state index contributed by atoms with van der Waals surface area (Å²) in [7, 11) is 0. The highest BCUT2D eigenvalue weighted by Gasteiger charge is 2.40. The van der Waals surface area contributed by atoms with Crippen LogP contribution in [0.4, 0.5) is 0 Å². The number of benzene rings is 2. The molecule has 0 aliphatic carbocycles. The number of aliphatic hydroxyl groups excluding tert-OH is 1. The molecule has 0 bridgehead atoms. The quantitative estimate of drug-likeness (QED) is 0.511. The molecule has 2 heterocycles. The van der Waals surface area contributed by atoms with Gasteiger partial charge in [0, 0.05) is 33.8 Å². The molecule has 2 aliphatic heterocycles. The Hall–Kier alpha value is -2.18. The highest BCUT2D eigenvalue weighted by atomic mass is 32.2. The first kappa shape index (κ1) is 20.1. The van der Waals surface area contributed by atoms with Crippen LogP contribution in [0.15, 0.2) is 69.7 Å². The molecule has 2 aliphatic rings. The van der Waals surface area contributed by atoms with Crippen LogP contribution in [0.1, 0.15) is 36.8 Å². The molecule has 4 rings (SSSR count). The molecule has 0 saturated heterocycles. The number of hydrogen-bond acceptors (Lipinski definition) is 6. The van der Waals surface area contributed by atoms with E-state index in [1.165, 1.54) is 0 Å². The molecule has 0 spiro atoms. The maximum Gasteiger partial charge on any atom is 0.346 e. The van der Waals surface area contributed by atoms with Crippen molar-refractivity contribution >= 4 is 35.3 Å². The fraction of sp³-hybridized carbons (Fsp3) is 0.304. The smallest absolute Gasteiger partial charge is 0.346 e. The van der Waals surface area contributed by atoms with Crippen LogP contribution in [0.2, 0.25) is 0 Å². The third kappa shape index (κ3) is 3.83. The number of esters is 1. The molecule has 4 nitrogen and oxygen atoms in total. The highest BCUT2D eigenvalue weighted by molar-refractivity contribution is 7.99. The number of carbonyl (C=O) groups excluding carboxylic acids is 2. The summed E-state index contributed by atoms with van der Waals surface area (Å²) in [6.45, 7) is 2.00. The number of hydrogen-bond donors (Lipinski definition) is 1.